The van der Waals surface area contributed by atoms with Crippen LogP contribution >= 0.6 is 0 Å². The van der Waals surface area contributed by atoms with Crippen molar-refractivity contribution in [3.63, 3.8) is 0 Å². The van der Waals surface area contributed by atoms with Crippen molar-refractivity contribution in [2.24, 2.45) is 5.73 Å². The lowest BCUT2D eigenvalue weighted by Gasteiger charge is -2.34. The Morgan fingerprint density at radius 1 is 1.42 bits per heavy atom. The first-order chi connectivity index (χ1) is 8.90. The number of nitrogens with zero attached hydrogens (tertiary/aromatic N) is 2. The summed E-state index contributed by atoms with van der Waals surface area (Å²) in [7, 11) is 0. The van der Waals surface area contributed by atoms with Crippen LogP contribution in [0.5, 0.6) is 0 Å². The summed E-state index contributed by atoms with van der Waals surface area (Å²) in [5.74, 6) is -0.136. The molecule has 1 fully saturated rings. The first kappa shape index (κ1) is 13.7. The highest BCUT2D eigenvalue weighted by Crippen LogP contribution is 2.17. The molecule has 0 unspecified atom stereocenters. The molecule has 3 N–H and O–H groups in total. The quantitative estimate of drug-likeness (QED) is 0.766. The van der Waals surface area contributed by atoms with E-state index in [2.05, 4.69) is 10.4 Å². The average Bonchev–Trinajstić information content (AvgIpc) is 2.59. The molecule has 2 atom stereocenters. The number of nitrogens with one attached hydrogen (secondary N) is 1. The third kappa shape index (κ3) is 2.68. The van der Waals surface area contributed by atoms with Gasteiger partial charge in [-0.05, 0) is 33.6 Å². The second-order valence-electron chi connectivity index (χ2n) is 5.17. The summed E-state index contributed by atoms with van der Waals surface area (Å²) in [6.07, 6.45) is 1.89. The van der Waals surface area contributed by atoms with Gasteiger partial charge in [0, 0.05) is 17.8 Å². The lowest BCUT2D eigenvalue weighted by molar-refractivity contribution is -0.123. The number of ketones is 1. The minimum atomic E-state index is -0.110. The van der Waals surface area contributed by atoms with E-state index in [0.29, 0.717) is 11.3 Å². The molecule has 2 rings (SSSR count). The summed E-state index contributed by atoms with van der Waals surface area (Å²) in [5, 5.41) is 7.14. The normalized spacial score (nSPS) is 21.9. The van der Waals surface area contributed by atoms with Gasteiger partial charge in [0.05, 0.1) is 11.3 Å². The summed E-state index contributed by atoms with van der Waals surface area (Å²) in [4.78, 5) is 23.4. The Bertz CT molecular complexity index is 521. The third-order valence-electron chi connectivity index (χ3n) is 3.70. The first-order valence-corrected chi connectivity index (χ1v) is 6.50. The van der Waals surface area contributed by atoms with E-state index in [4.69, 9.17) is 5.73 Å². The van der Waals surface area contributed by atoms with E-state index in [0.717, 1.165) is 18.5 Å². The van der Waals surface area contributed by atoms with Crippen molar-refractivity contribution in [3.8, 4) is 0 Å². The van der Waals surface area contributed by atoms with Gasteiger partial charge in [-0.25, -0.2) is 0 Å². The highest BCUT2D eigenvalue weighted by Gasteiger charge is 2.28. The van der Waals surface area contributed by atoms with Crippen LogP contribution in [-0.4, -0.2) is 33.6 Å². The second kappa shape index (κ2) is 5.13. The Kier molecular flexibility index (Phi) is 3.71. The van der Waals surface area contributed by atoms with Crippen LogP contribution in [0.1, 0.15) is 41.5 Å². The van der Waals surface area contributed by atoms with E-state index in [1.54, 1.807) is 18.5 Å². The average molecular weight is 264 g/mol. The fourth-order valence-electron chi connectivity index (χ4n) is 2.45. The van der Waals surface area contributed by atoms with Crippen LogP contribution in [0.15, 0.2) is 0 Å². The molecule has 1 aliphatic rings. The van der Waals surface area contributed by atoms with Crippen LogP contribution in [0.4, 0.5) is 0 Å². The van der Waals surface area contributed by atoms with Gasteiger partial charge >= 0.3 is 0 Å². The van der Waals surface area contributed by atoms with Crippen LogP contribution in [0, 0.1) is 13.8 Å². The smallest absolute Gasteiger partial charge is 0.242 e. The summed E-state index contributed by atoms with van der Waals surface area (Å²) in [5.41, 5.74) is 7.78. The molecule has 0 spiro atoms. The van der Waals surface area contributed by atoms with Crippen LogP contribution < -0.4 is 11.1 Å². The van der Waals surface area contributed by atoms with Gasteiger partial charge in [-0.2, -0.15) is 5.10 Å². The summed E-state index contributed by atoms with van der Waals surface area (Å²) >= 11 is 0. The van der Waals surface area contributed by atoms with Crippen molar-refractivity contribution in [1.29, 1.82) is 0 Å². The van der Waals surface area contributed by atoms with E-state index in [9.17, 15) is 9.59 Å². The summed E-state index contributed by atoms with van der Waals surface area (Å²) in [6.45, 7) is 5.22. The SMILES string of the molecule is CC(=O)c1c(C)nn(CC(=O)N[C@H]2CC[C@H]2N)c1C. The molecule has 1 aromatic rings. The van der Waals surface area contributed by atoms with Crippen molar-refractivity contribution in [2.75, 3.05) is 0 Å². The molecule has 1 amide bonds. The number of amides is 1. The van der Waals surface area contributed by atoms with Gasteiger partial charge < -0.3 is 11.1 Å². The highest BCUT2D eigenvalue weighted by atomic mass is 16.2. The van der Waals surface area contributed by atoms with Gasteiger partial charge in [0.2, 0.25) is 5.91 Å². The lowest BCUT2D eigenvalue weighted by atomic mass is 9.87. The molecule has 19 heavy (non-hydrogen) atoms. The molecule has 0 saturated heterocycles. The van der Waals surface area contributed by atoms with Crippen LogP contribution in [-0.2, 0) is 11.3 Å². The largest absolute Gasteiger partial charge is 0.350 e. The summed E-state index contributed by atoms with van der Waals surface area (Å²) in [6, 6.07) is 0.147. The van der Waals surface area contributed by atoms with E-state index in [1.807, 2.05) is 0 Å². The maximum absolute atomic E-state index is 11.9. The number of aromatic nitrogens is 2. The molecule has 6 heteroatoms. The van der Waals surface area contributed by atoms with Gasteiger partial charge in [0.25, 0.3) is 0 Å². The number of rotatable bonds is 4. The predicted octanol–water partition coefficient (Wildman–Crippen LogP) is 0.308. The van der Waals surface area contributed by atoms with Gasteiger partial charge in [0.15, 0.2) is 5.78 Å². The van der Waals surface area contributed by atoms with Crippen molar-refractivity contribution >= 4 is 11.7 Å². The third-order valence-corrected chi connectivity index (χ3v) is 3.70. The number of hydrogen-bond donors (Lipinski definition) is 2. The Morgan fingerprint density at radius 2 is 2.11 bits per heavy atom. The molecule has 0 radical (unpaired) electrons. The standard InChI is InChI=1S/C13H20N4O2/c1-7-13(9(3)18)8(2)17(16-7)6-12(19)15-11-5-4-10(11)14/h10-11H,4-6,14H2,1-3H3,(H,15,19)/t10-,11+/m1/s1. The second-order valence-corrected chi connectivity index (χ2v) is 5.17. The van der Waals surface area contributed by atoms with E-state index >= 15 is 0 Å². The number of carbonyl (C=O) groups is 2. The zero-order valence-electron chi connectivity index (χ0n) is 11.6. The fourth-order valence-corrected chi connectivity index (χ4v) is 2.45. The molecule has 0 aliphatic heterocycles. The van der Waals surface area contributed by atoms with Crippen LogP contribution in [0.3, 0.4) is 0 Å². The molecular weight excluding hydrogens is 244 g/mol. The zero-order valence-corrected chi connectivity index (χ0v) is 11.6. The Labute approximate surface area is 112 Å². The first-order valence-electron chi connectivity index (χ1n) is 6.50. The molecule has 1 aromatic heterocycles. The van der Waals surface area contributed by atoms with E-state index in [-0.39, 0.29) is 30.3 Å². The topological polar surface area (TPSA) is 90.0 Å². The minimum absolute atomic E-state index is 0.0253. The highest BCUT2D eigenvalue weighted by molar-refractivity contribution is 5.96. The predicted molar refractivity (Wildman–Crippen MR) is 70.8 cm³/mol. The molecule has 1 aliphatic carbocycles. The zero-order chi connectivity index (χ0) is 14.2. The van der Waals surface area contributed by atoms with Crippen molar-refractivity contribution in [2.45, 2.75) is 52.2 Å². The maximum Gasteiger partial charge on any atom is 0.242 e. The molecule has 0 bridgehead atoms. The molecule has 0 aromatic carbocycles. The van der Waals surface area contributed by atoms with Crippen molar-refractivity contribution in [3.05, 3.63) is 17.0 Å². The molecule has 1 heterocycles. The molecular formula is C13H20N4O2. The Morgan fingerprint density at radius 3 is 2.53 bits per heavy atom. The van der Waals surface area contributed by atoms with E-state index < -0.39 is 0 Å². The van der Waals surface area contributed by atoms with Crippen LogP contribution in [0.2, 0.25) is 0 Å². The summed E-state index contributed by atoms with van der Waals surface area (Å²) < 4.78 is 1.57. The molecule has 104 valence electrons. The molecule has 6 nitrogen and oxygen atoms in total. The lowest BCUT2D eigenvalue weighted by Crippen LogP contribution is -2.55. The number of Topliss-reactive ketones (excluding diaryl/α,β-unsaturated/α-hetero) is 1. The van der Waals surface area contributed by atoms with E-state index in [1.165, 1.54) is 6.92 Å². The number of nitrogens with two attached hydrogens (primary N) is 1. The maximum atomic E-state index is 11.9. The number of hydrogen-bond acceptors (Lipinski definition) is 4. The fraction of sp³-hybridized carbons (Fsp3) is 0.615. The minimum Gasteiger partial charge on any atom is -0.350 e. The van der Waals surface area contributed by atoms with Crippen molar-refractivity contribution < 1.29 is 9.59 Å². The Hall–Kier alpha value is -1.69. The van der Waals surface area contributed by atoms with Gasteiger partial charge in [-0.3, -0.25) is 14.3 Å². The number of aryl methyl sites for hydroxylation is 1. The van der Waals surface area contributed by atoms with Gasteiger partial charge in [0.1, 0.15) is 6.54 Å². The molecule has 1 saturated carbocycles. The monoisotopic (exact) mass is 264 g/mol. The Balaban J connectivity index is 2.05. The van der Waals surface area contributed by atoms with Crippen LogP contribution in [0.25, 0.3) is 0 Å². The number of carbonyl (C=O) groups excluding carboxylic acids is 2. The van der Waals surface area contributed by atoms with Crippen molar-refractivity contribution in [1.82, 2.24) is 15.1 Å². The van der Waals surface area contributed by atoms with Gasteiger partial charge in [-0.15, -0.1) is 0 Å². The van der Waals surface area contributed by atoms with Gasteiger partial charge in [-0.1, -0.05) is 0 Å².